The van der Waals surface area contributed by atoms with Crippen molar-refractivity contribution in [2.75, 3.05) is 57.4 Å². The molecule has 0 aromatic heterocycles. The summed E-state index contributed by atoms with van der Waals surface area (Å²) in [6, 6.07) is 8.61. The zero-order valence-electron chi connectivity index (χ0n) is 14.3. The Balaban J connectivity index is 1.42. The van der Waals surface area contributed by atoms with E-state index in [0.29, 0.717) is 6.04 Å². The molecule has 0 radical (unpaired) electrons. The third-order valence-electron chi connectivity index (χ3n) is 5.54. The third kappa shape index (κ3) is 3.15. The maximum atomic E-state index is 13.0. The van der Waals surface area contributed by atoms with E-state index in [9.17, 15) is 4.79 Å². The molecule has 0 saturated carbocycles. The molecule has 0 unspecified atom stereocenters. The van der Waals surface area contributed by atoms with Crippen molar-refractivity contribution >= 4 is 11.6 Å². The standard InChI is InChI=1S/C19H27N3O2/c23-19(22-14-16(15-22)20-8-4-1-5-9-20)17-6-2-3-7-18(17)21-10-12-24-13-11-21/h2-3,6-7,16H,1,4-5,8-15H2. The van der Waals surface area contributed by atoms with Crippen molar-refractivity contribution in [1.29, 1.82) is 0 Å². The second-order valence-electron chi connectivity index (χ2n) is 7.08. The molecule has 0 spiro atoms. The minimum absolute atomic E-state index is 0.186. The van der Waals surface area contributed by atoms with Crippen molar-refractivity contribution in [2.24, 2.45) is 0 Å². The SMILES string of the molecule is O=C(c1ccccc1N1CCOCC1)N1CC(N2CCCCC2)C1. The number of likely N-dealkylation sites (tertiary alicyclic amines) is 2. The number of nitrogens with zero attached hydrogens (tertiary/aromatic N) is 3. The molecule has 1 amide bonds. The molecule has 0 bridgehead atoms. The summed E-state index contributed by atoms with van der Waals surface area (Å²) in [7, 11) is 0. The van der Waals surface area contributed by atoms with Crippen molar-refractivity contribution in [3.8, 4) is 0 Å². The van der Waals surface area contributed by atoms with E-state index in [2.05, 4.69) is 15.9 Å². The summed E-state index contributed by atoms with van der Waals surface area (Å²) in [6.07, 6.45) is 3.98. The zero-order valence-corrected chi connectivity index (χ0v) is 14.3. The fourth-order valence-corrected chi connectivity index (χ4v) is 4.04. The summed E-state index contributed by atoms with van der Waals surface area (Å²) in [6.45, 7) is 7.38. The van der Waals surface area contributed by atoms with E-state index in [-0.39, 0.29) is 5.91 Å². The fourth-order valence-electron chi connectivity index (χ4n) is 4.04. The van der Waals surface area contributed by atoms with Gasteiger partial charge < -0.3 is 14.5 Å². The Kier molecular flexibility index (Phi) is 4.72. The molecule has 0 aliphatic carbocycles. The molecular weight excluding hydrogens is 302 g/mol. The van der Waals surface area contributed by atoms with Gasteiger partial charge in [-0.15, -0.1) is 0 Å². The summed E-state index contributed by atoms with van der Waals surface area (Å²) in [5.41, 5.74) is 1.91. The molecule has 3 aliphatic heterocycles. The lowest BCUT2D eigenvalue weighted by molar-refractivity contribution is 0.0203. The number of carbonyl (C=O) groups is 1. The smallest absolute Gasteiger partial charge is 0.256 e. The minimum atomic E-state index is 0.186. The lowest BCUT2D eigenvalue weighted by Crippen LogP contribution is -2.61. The summed E-state index contributed by atoms with van der Waals surface area (Å²) in [4.78, 5) is 19.8. The first-order chi connectivity index (χ1) is 11.8. The van der Waals surface area contributed by atoms with Crippen molar-refractivity contribution < 1.29 is 9.53 Å². The van der Waals surface area contributed by atoms with Gasteiger partial charge in [0.1, 0.15) is 0 Å². The predicted molar refractivity (Wildman–Crippen MR) is 94.6 cm³/mol. The molecule has 3 aliphatic rings. The molecule has 5 nitrogen and oxygen atoms in total. The predicted octanol–water partition coefficient (Wildman–Crippen LogP) is 1.83. The summed E-state index contributed by atoms with van der Waals surface area (Å²) >= 11 is 0. The Hall–Kier alpha value is -1.59. The number of ether oxygens (including phenoxy) is 1. The number of carbonyl (C=O) groups excluding carboxylic acids is 1. The molecule has 1 aromatic rings. The number of piperidine rings is 1. The maximum Gasteiger partial charge on any atom is 0.256 e. The maximum absolute atomic E-state index is 13.0. The van der Waals surface area contributed by atoms with E-state index in [4.69, 9.17) is 4.74 Å². The third-order valence-corrected chi connectivity index (χ3v) is 5.54. The first-order valence-electron chi connectivity index (χ1n) is 9.28. The second kappa shape index (κ2) is 7.11. The van der Waals surface area contributed by atoms with Gasteiger partial charge in [0.15, 0.2) is 0 Å². The van der Waals surface area contributed by atoms with E-state index in [1.807, 2.05) is 23.1 Å². The molecule has 3 fully saturated rings. The van der Waals surface area contributed by atoms with Gasteiger partial charge in [0, 0.05) is 37.9 Å². The van der Waals surface area contributed by atoms with Crippen LogP contribution in [0.4, 0.5) is 5.69 Å². The quantitative estimate of drug-likeness (QED) is 0.848. The molecule has 3 heterocycles. The van der Waals surface area contributed by atoms with Gasteiger partial charge in [0.05, 0.1) is 18.8 Å². The number of benzene rings is 1. The van der Waals surface area contributed by atoms with Crippen LogP contribution in [-0.4, -0.2) is 74.2 Å². The fraction of sp³-hybridized carbons (Fsp3) is 0.632. The lowest BCUT2D eigenvalue weighted by atomic mass is 10.0. The number of hydrogen-bond donors (Lipinski definition) is 0. The largest absolute Gasteiger partial charge is 0.378 e. The topological polar surface area (TPSA) is 36.0 Å². The highest BCUT2D eigenvalue weighted by atomic mass is 16.5. The number of hydrogen-bond acceptors (Lipinski definition) is 4. The van der Waals surface area contributed by atoms with E-state index in [1.165, 1.54) is 32.4 Å². The van der Waals surface area contributed by atoms with E-state index < -0.39 is 0 Å². The molecule has 1 aromatic carbocycles. The van der Waals surface area contributed by atoms with Crippen LogP contribution in [0, 0.1) is 0 Å². The van der Waals surface area contributed by atoms with Crippen molar-refractivity contribution in [3.05, 3.63) is 29.8 Å². The van der Waals surface area contributed by atoms with Crippen LogP contribution >= 0.6 is 0 Å². The molecule has 130 valence electrons. The Labute approximate surface area is 144 Å². The number of amides is 1. The summed E-state index contributed by atoms with van der Waals surface area (Å²) in [5.74, 6) is 0.186. The Morgan fingerprint density at radius 1 is 0.958 bits per heavy atom. The Morgan fingerprint density at radius 3 is 2.42 bits per heavy atom. The van der Waals surface area contributed by atoms with E-state index >= 15 is 0 Å². The van der Waals surface area contributed by atoms with Crippen molar-refractivity contribution in [1.82, 2.24) is 9.80 Å². The van der Waals surface area contributed by atoms with Gasteiger partial charge >= 0.3 is 0 Å². The van der Waals surface area contributed by atoms with E-state index in [1.54, 1.807) is 0 Å². The van der Waals surface area contributed by atoms with Gasteiger partial charge in [-0.05, 0) is 38.1 Å². The van der Waals surface area contributed by atoms with Crippen LogP contribution < -0.4 is 4.90 Å². The van der Waals surface area contributed by atoms with Crippen LogP contribution in [0.25, 0.3) is 0 Å². The molecule has 5 heteroatoms. The van der Waals surface area contributed by atoms with Crippen molar-refractivity contribution in [3.63, 3.8) is 0 Å². The van der Waals surface area contributed by atoms with Gasteiger partial charge in [0.2, 0.25) is 0 Å². The van der Waals surface area contributed by atoms with Crippen LogP contribution in [0.5, 0.6) is 0 Å². The van der Waals surface area contributed by atoms with Crippen molar-refractivity contribution in [2.45, 2.75) is 25.3 Å². The van der Waals surface area contributed by atoms with Gasteiger partial charge in [-0.25, -0.2) is 0 Å². The normalized spacial score (nSPS) is 23.2. The van der Waals surface area contributed by atoms with E-state index in [0.717, 1.165) is 50.6 Å². The molecule has 24 heavy (non-hydrogen) atoms. The van der Waals surface area contributed by atoms with Gasteiger partial charge in [-0.3, -0.25) is 9.69 Å². The number of para-hydroxylation sites is 1. The van der Waals surface area contributed by atoms with Crippen LogP contribution in [-0.2, 0) is 4.74 Å². The molecule has 0 atom stereocenters. The second-order valence-corrected chi connectivity index (χ2v) is 7.08. The van der Waals surface area contributed by atoms with Crippen LogP contribution in [0.3, 0.4) is 0 Å². The summed E-state index contributed by atoms with van der Waals surface area (Å²) in [5, 5.41) is 0. The molecule has 3 saturated heterocycles. The highest BCUT2D eigenvalue weighted by Gasteiger charge is 2.36. The Bertz CT molecular complexity index is 574. The minimum Gasteiger partial charge on any atom is -0.378 e. The average Bonchev–Trinajstić information content (AvgIpc) is 2.62. The number of rotatable bonds is 3. The van der Waals surface area contributed by atoms with Crippen LogP contribution in [0.1, 0.15) is 29.6 Å². The monoisotopic (exact) mass is 329 g/mol. The zero-order chi connectivity index (χ0) is 16.4. The summed E-state index contributed by atoms with van der Waals surface area (Å²) < 4.78 is 5.44. The first-order valence-corrected chi connectivity index (χ1v) is 9.28. The highest BCUT2D eigenvalue weighted by molar-refractivity contribution is 6.00. The molecule has 4 rings (SSSR count). The molecule has 0 N–H and O–H groups in total. The Morgan fingerprint density at radius 2 is 1.67 bits per heavy atom. The van der Waals surface area contributed by atoms with Gasteiger partial charge in [0.25, 0.3) is 5.91 Å². The van der Waals surface area contributed by atoms with Gasteiger partial charge in [-0.1, -0.05) is 18.6 Å². The highest BCUT2D eigenvalue weighted by Crippen LogP contribution is 2.26. The molecular formula is C19H27N3O2. The van der Waals surface area contributed by atoms with Crippen LogP contribution in [0.2, 0.25) is 0 Å². The van der Waals surface area contributed by atoms with Gasteiger partial charge in [-0.2, -0.15) is 0 Å². The van der Waals surface area contributed by atoms with Crippen LogP contribution in [0.15, 0.2) is 24.3 Å². The first kappa shape index (κ1) is 15.9. The lowest BCUT2D eigenvalue weighted by Gasteiger charge is -2.47. The number of morpholine rings is 1. The average molecular weight is 329 g/mol. The number of anilines is 1.